The predicted octanol–water partition coefficient (Wildman–Crippen LogP) is 5.85. The molecule has 1 saturated heterocycles. The van der Waals surface area contributed by atoms with Crippen LogP contribution in [0.2, 0.25) is 0 Å². The molecule has 1 aliphatic carbocycles. The van der Waals surface area contributed by atoms with Crippen LogP contribution in [0, 0.1) is 15.5 Å². The number of carbonyl (C=O) groups excluding carboxylic acids is 1. The molecule has 3 aromatic carbocycles. The fourth-order valence-electron chi connectivity index (χ4n) is 5.28. The molecule has 0 N–H and O–H groups in total. The molecule has 198 valence electrons. The first-order chi connectivity index (χ1) is 18.5. The summed E-state index contributed by atoms with van der Waals surface area (Å²) in [6.45, 7) is 0.705. The molecular weight excluding hydrogens is 484 g/mol. The molecule has 1 amide bonds. The normalized spacial score (nSPS) is 19.9. The standard InChI is InChI=1S/C30H32N2O6/c33-29(37-22-38-32(34)35)31-17-14-27(26-13-7-12-25(18-26)24-10-5-2-6-11-24)28(20-31)36-21-30(15-16-30)19-23-8-3-1-4-9-23/h1-13,18,27-28H,14-17,19-22H2/t27-,28?/m1/s1. The van der Waals surface area contributed by atoms with E-state index in [0.717, 1.165) is 30.4 Å². The Morgan fingerprint density at radius 2 is 1.68 bits per heavy atom. The third kappa shape index (κ3) is 6.50. The van der Waals surface area contributed by atoms with Crippen LogP contribution in [-0.4, -0.2) is 48.7 Å². The number of likely N-dealkylation sites (tertiary alicyclic amines) is 1. The first-order valence-corrected chi connectivity index (χ1v) is 13.0. The quantitative estimate of drug-likeness (QED) is 0.191. The molecule has 0 radical (unpaired) electrons. The Bertz CT molecular complexity index is 1230. The van der Waals surface area contributed by atoms with Crippen LogP contribution in [0.15, 0.2) is 84.9 Å². The number of amides is 1. The fraction of sp³-hybridized carbons (Fsp3) is 0.367. The topological polar surface area (TPSA) is 91.1 Å². The summed E-state index contributed by atoms with van der Waals surface area (Å²) in [5.41, 5.74) is 4.90. The highest BCUT2D eigenvalue weighted by atomic mass is 17.0. The number of hydrogen-bond donors (Lipinski definition) is 0. The van der Waals surface area contributed by atoms with Crippen molar-refractivity contribution in [2.45, 2.75) is 37.7 Å². The van der Waals surface area contributed by atoms with Gasteiger partial charge in [0, 0.05) is 12.5 Å². The minimum absolute atomic E-state index is 0.102. The van der Waals surface area contributed by atoms with Gasteiger partial charge in [-0.25, -0.2) is 4.79 Å². The highest BCUT2D eigenvalue weighted by Crippen LogP contribution is 2.49. The van der Waals surface area contributed by atoms with Crippen LogP contribution in [0.1, 0.15) is 36.3 Å². The van der Waals surface area contributed by atoms with E-state index in [4.69, 9.17) is 9.47 Å². The van der Waals surface area contributed by atoms with Crippen molar-refractivity contribution in [1.82, 2.24) is 4.90 Å². The summed E-state index contributed by atoms with van der Waals surface area (Å²) in [5.74, 6) is 0.102. The number of piperidine rings is 1. The number of rotatable bonds is 10. The zero-order valence-corrected chi connectivity index (χ0v) is 21.2. The first kappa shape index (κ1) is 25.7. The second-order valence-electron chi connectivity index (χ2n) is 10.2. The predicted molar refractivity (Wildman–Crippen MR) is 142 cm³/mol. The van der Waals surface area contributed by atoms with E-state index >= 15 is 0 Å². The van der Waals surface area contributed by atoms with Gasteiger partial charge in [0.25, 0.3) is 5.09 Å². The molecule has 0 spiro atoms. The van der Waals surface area contributed by atoms with Gasteiger partial charge in [-0.3, -0.25) is 4.84 Å². The second kappa shape index (κ2) is 11.6. The van der Waals surface area contributed by atoms with Crippen molar-refractivity contribution >= 4 is 6.09 Å². The number of benzene rings is 3. The highest BCUT2D eigenvalue weighted by molar-refractivity contribution is 5.68. The van der Waals surface area contributed by atoms with Gasteiger partial charge >= 0.3 is 6.09 Å². The van der Waals surface area contributed by atoms with Crippen LogP contribution in [0.5, 0.6) is 0 Å². The lowest BCUT2D eigenvalue weighted by Crippen LogP contribution is -2.47. The lowest BCUT2D eigenvalue weighted by Gasteiger charge is -2.39. The third-order valence-electron chi connectivity index (χ3n) is 7.56. The monoisotopic (exact) mass is 516 g/mol. The molecule has 2 aliphatic rings. The van der Waals surface area contributed by atoms with Crippen molar-refractivity contribution in [3.8, 4) is 11.1 Å². The van der Waals surface area contributed by atoms with E-state index in [0.29, 0.717) is 26.1 Å². The van der Waals surface area contributed by atoms with Crippen molar-refractivity contribution in [3.05, 3.63) is 106 Å². The second-order valence-corrected chi connectivity index (χ2v) is 10.2. The molecule has 1 saturated carbocycles. The number of nitrogens with zero attached hydrogens (tertiary/aromatic N) is 2. The van der Waals surface area contributed by atoms with Gasteiger partial charge in [-0.05, 0) is 53.4 Å². The van der Waals surface area contributed by atoms with Crippen LogP contribution >= 0.6 is 0 Å². The summed E-state index contributed by atoms with van der Waals surface area (Å²) in [6, 6.07) is 29.2. The lowest BCUT2D eigenvalue weighted by atomic mass is 9.85. The summed E-state index contributed by atoms with van der Waals surface area (Å²) < 4.78 is 11.6. The van der Waals surface area contributed by atoms with E-state index in [1.165, 1.54) is 11.1 Å². The molecule has 1 heterocycles. The maximum atomic E-state index is 12.6. The average molecular weight is 517 g/mol. The van der Waals surface area contributed by atoms with Crippen LogP contribution in [0.4, 0.5) is 4.79 Å². The molecule has 2 atom stereocenters. The Balaban J connectivity index is 1.31. The van der Waals surface area contributed by atoms with E-state index in [-0.39, 0.29) is 17.4 Å². The van der Waals surface area contributed by atoms with Gasteiger partial charge < -0.3 is 14.4 Å². The molecule has 0 aromatic heterocycles. The summed E-state index contributed by atoms with van der Waals surface area (Å²) in [6.07, 6.45) is 3.03. The number of ether oxygens (including phenoxy) is 2. The van der Waals surface area contributed by atoms with Gasteiger partial charge in [-0.1, -0.05) is 84.9 Å². The van der Waals surface area contributed by atoms with Crippen molar-refractivity contribution in [3.63, 3.8) is 0 Å². The summed E-state index contributed by atoms with van der Waals surface area (Å²) in [7, 11) is 0. The van der Waals surface area contributed by atoms with Crippen molar-refractivity contribution in [2.24, 2.45) is 5.41 Å². The van der Waals surface area contributed by atoms with E-state index in [2.05, 4.69) is 65.5 Å². The Morgan fingerprint density at radius 1 is 0.974 bits per heavy atom. The smallest absolute Gasteiger partial charge is 0.411 e. The van der Waals surface area contributed by atoms with Gasteiger partial charge in [0.2, 0.25) is 6.79 Å². The van der Waals surface area contributed by atoms with Gasteiger partial charge in [0.15, 0.2) is 0 Å². The molecule has 1 unspecified atom stereocenters. The van der Waals surface area contributed by atoms with Crippen molar-refractivity contribution in [1.29, 1.82) is 0 Å². The molecule has 8 heteroatoms. The summed E-state index contributed by atoms with van der Waals surface area (Å²) in [5, 5.41) is 9.43. The van der Waals surface area contributed by atoms with Gasteiger partial charge in [0.1, 0.15) is 0 Å². The third-order valence-corrected chi connectivity index (χ3v) is 7.56. The summed E-state index contributed by atoms with van der Waals surface area (Å²) in [4.78, 5) is 28.7. The molecule has 3 aromatic rings. The van der Waals surface area contributed by atoms with E-state index < -0.39 is 18.0 Å². The lowest BCUT2D eigenvalue weighted by molar-refractivity contribution is -0.765. The van der Waals surface area contributed by atoms with E-state index in [1.54, 1.807) is 4.90 Å². The molecule has 0 bridgehead atoms. The van der Waals surface area contributed by atoms with Gasteiger partial charge in [-0.2, -0.15) is 0 Å². The first-order valence-electron chi connectivity index (χ1n) is 13.0. The SMILES string of the molecule is O=C(OCO[N+](=O)[O-])N1CC[C@H](c2cccc(-c3ccccc3)c2)C(OCC2(Cc3ccccc3)CC2)C1. The van der Waals surface area contributed by atoms with Crippen LogP contribution < -0.4 is 0 Å². The van der Waals surface area contributed by atoms with Crippen molar-refractivity contribution < 1.29 is 24.2 Å². The van der Waals surface area contributed by atoms with Gasteiger partial charge in [-0.15, -0.1) is 10.1 Å². The Kier molecular flexibility index (Phi) is 7.89. The highest BCUT2D eigenvalue weighted by Gasteiger charge is 2.44. The Morgan fingerprint density at radius 3 is 2.39 bits per heavy atom. The molecule has 8 nitrogen and oxygen atoms in total. The fourth-order valence-corrected chi connectivity index (χ4v) is 5.28. The molecule has 38 heavy (non-hydrogen) atoms. The average Bonchev–Trinajstić information content (AvgIpc) is 3.72. The Hall–Kier alpha value is -3.91. The number of hydrogen-bond acceptors (Lipinski definition) is 6. The zero-order valence-electron chi connectivity index (χ0n) is 21.2. The maximum absolute atomic E-state index is 12.6. The number of carbonyl (C=O) groups is 1. The molecular formula is C30H32N2O6. The van der Waals surface area contributed by atoms with E-state index in [1.807, 2.05) is 24.3 Å². The molecule has 2 fully saturated rings. The zero-order chi connectivity index (χ0) is 26.4. The largest absolute Gasteiger partial charge is 0.422 e. The van der Waals surface area contributed by atoms with Crippen molar-refractivity contribution in [2.75, 3.05) is 26.5 Å². The van der Waals surface area contributed by atoms with Crippen LogP contribution in [0.3, 0.4) is 0 Å². The minimum atomic E-state index is -0.979. The van der Waals surface area contributed by atoms with Crippen LogP contribution in [-0.2, 0) is 20.7 Å². The van der Waals surface area contributed by atoms with Crippen LogP contribution in [0.25, 0.3) is 11.1 Å². The summed E-state index contributed by atoms with van der Waals surface area (Å²) >= 11 is 0. The minimum Gasteiger partial charge on any atom is -0.422 e. The van der Waals surface area contributed by atoms with E-state index in [9.17, 15) is 14.9 Å². The maximum Gasteiger partial charge on any atom is 0.411 e. The molecule has 1 aliphatic heterocycles. The Labute approximate surface area is 222 Å². The molecule has 5 rings (SSSR count). The van der Waals surface area contributed by atoms with Gasteiger partial charge in [0.05, 0.1) is 19.3 Å².